The molecule has 2 heterocycles. The van der Waals surface area contributed by atoms with Gasteiger partial charge in [0.1, 0.15) is 12.0 Å². The van der Waals surface area contributed by atoms with Crippen molar-refractivity contribution in [3.63, 3.8) is 0 Å². The molecule has 0 aliphatic carbocycles. The van der Waals surface area contributed by atoms with Crippen molar-refractivity contribution in [2.24, 2.45) is 5.10 Å². The van der Waals surface area contributed by atoms with Gasteiger partial charge in [-0.15, -0.1) is 12.4 Å². The van der Waals surface area contributed by atoms with Crippen LogP contribution in [-0.2, 0) is 0 Å². The molecule has 1 aromatic carbocycles. The normalized spacial score (nSPS) is 10.3. The quantitative estimate of drug-likeness (QED) is 0.435. The predicted molar refractivity (Wildman–Crippen MR) is 95.1 cm³/mol. The number of para-hydroxylation sites is 1. The summed E-state index contributed by atoms with van der Waals surface area (Å²) >= 11 is 0. The van der Waals surface area contributed by atoms with Gasteiger partial charge in [0.15, 0.2) is 0 Å². The van der Waals surface area contributed by atoms with Crippen LogP contribution >= 0.6 is 12.4 Å². The van der Waals surface area contributed by atoms with Crippen LogP contribution in [0.15, 0.2) is 72.1 Å². The van der Waals surface area contributed by atoms with Crippen LogP contribution in [0.3, 0.4) is 0 Å². The molecule has 0 radical (unpaired) electrons. The number of hydrogen-bond acceptors (Lipinski definition) is 5. The largest absolute Gasteiger partial charge is 0.316 e. The third-order valence-electron chi connectivity index (χ3n) is 3.15. The summed E-state index contributed by atoms with van der Waals surface area (Å²) < 4.78 is 1.99. The average molecular weight is 344 g/mol. The minimum atomic E-state index is -0.493. The van der Waals surface area contributed by atoms with E-state index in [2.05, 4.69) is 15.5 Å². The molecule has 7 nitrogen and oxygen atoms in total. The van der Waals surface area contributed by atoms with E-state index in [0.29, 0.717) is 5.82 Å². The molecule has 0 saturated heterocycles. The molecular formula is C16H14ClN5O2. The molecule has 2 aromatic heterocycles. The summed E-state index contributed by atoms with van der Waals surface area (Å²) in [6, 6.07) is 16.6. The summed E-state index contributed by atoms with van der Waals surface area (Å²) in [6.07, 6.45) is 4.79. The van der Waals surface area contributed by atoms with E-state index in [1.165, 1.54) is 18.3 Å². The predicted octanol–water partition coefficient (Wildman–Crippen LogP) is 3.65. The smallest absolute Gasteiger partial charge is 0.287 e. The van der Waals surface area contributed by atoms with Gasteiger partial charge in [-0.25, -0.2) is 4.98 Å². The maximum absolute atomic E-state index is 10.6. The zero-order chi connectivity index (χ0) is 16.1. The highest BCUT2D eigenvalue weighted by atomic mass is 35.5. The Labute approximate surface area is 144 Å². The second-order valence-corrected chi connectivity index (χ2v) is 4.67. The van der Waals surface area contributed by atoms with E-state index >= 15 is 0 Å². The Bertz CT molecular complexity index is 831. The fourth-order valence-electron chi connectivity index (χ4n) is 2.05. The van der Waals surface area contributed by atoms with Crippen LogP contribution < -0.4 is 5.43 Å². The molecule has 8 heteroatoms. The van der Waals surface area contributed by atoms with Crippen molar-refractivity contribution in [3.05, 3.63) is 82.8 Å². The van der Waals surface area contributed by atoms with E-state index in [9.17, 15) is 10.1 Å². The van der Waals surface area contributed by atoms with Crippen LogP contribution in [0.1, 0.15) is 5.69 Å². The van der Waals surface area contributed by atoms with Crippen LogP contribution in [0.2, 0.25) is 0 Å². The second kappa shape index (κ2) is 7.89. The van der Waals surface area contributed by atoms with Crippen molar-refractivity contribution in [3.8, 4) is 5.69 Å². The number of anilines is 1. The van der Waals surface area contributed by atoms with Crippen molar-refractivity contribution >= 4 is 30.1 Å². The van der Waals surface area contributed by atoms with E-state index in [4.69, 9.17) is 0 Å². The zero-order valence-corrected chi connectivity index (χ0v) is 13.3. The zero-order valence-electron chi connectivity index (χ0n) is 12.4. The molecular weight excluding hydrogens is 330 g/mol. The third kappa shape index (κ3) is 3.96. The van der Waals surface area contributed by atoms with Crippen molar-refractivity contribution in [1.82, 2.24) is 9.55 Å². The van der Waals surface area contributed by atoms with Crippen molar-refractivity contribution in [1.29, 1.82) is 0 Å². The molecule has 0 spiro atoms. The number of benzene rings is 1. The number of nitrogens with zero attached hydrogens (tertiary/aromatic N) is 4. The van der Waals surface area contributed by atoms with Gasteiger partial charge in [-0.1, -0.05) is 18.2 Å². The van der Waals surface area contributed by atoms with Gasteiger partial charge in [0.2, 0.25) is 0 Å². The van der Waals surface area contributed by atoms with Gasteiger partial charge >= 0.3 is 0 Å². The van der Waals surface area contributed by atoms with Crippen LogP contribution in [0.5, 0.6) is 0 Å². The Kier molecular flexibility index (Phi) is 5.64. The van der Waals surface area contributed by atoms with Crippen LogP contribution in [0.25, 0.3) is 5.69 Å². The van der Waals surface area contributed by atoms with Gasteiger partial charge in [-0.05, 0) is 30.3 Å². The van der Waals surface area contributed by atoms with E-state index in [1.807, 2.05) is 53.2 Å². The maximum atomic E-state index is 10.6. The molecule has 0 fully saturated rings. The lowest BCUT2D eigenvalue weighted by atomic mass is 10.3. The number of nitrogens with one attached hydrogen (secondary N) is 1. The second-order valence-electron chi connectivity index (χ2n) is 4.67. The topological polar surface area (TPSA) is 85.4 Å². The lowest BCUT2D eigenvalue weighted by Crippen LogP contribution is -1.99. The summed E-state index contributed by atoms with van der Waals surface area (Å²) in [4.78, 5) is 14.0. The molecule has 3 aromatic rings. The lowest BCUT2D eigenvalue weighted by Gasteiger charge is -2.05. The van der Waals surface area contributed by atoms with Crippen molar-refractivity contribution in [2.45, 2.75) is 0 Å². The number of halogens is 1. The fraction of sp³-hybridized carbons (Fsp3) is 0. The highest BCUT2D eigenvalue weighted by molar-refractivity contribution is 5.85. The van der Waals surface area contributed by atoms with E-state index < -0.39 is 4.92 Å². The Hall–Kier alpha value is -3.19. The lowest BCUT2D eigenvalue weighted by molar-refractivity contribution is -0.385. The monoisotopic (exact) mass is 343 g/mol. The highest BCUT2D eigenvalue weighted by Crippen LogP contribution is 2.13. The average Bonchev–Trinajstić information content (AvgIpc) is 3.05. The minimum Gasteiger partial charge on any atom is -0.316 e. The summed E-state index contributed by atoms with van der Waals surface area (Å²) in [5.74, 6) is 0.435. The Morgan fingerprint density at radius 3 is 2.58 bits per heavy atom. The van der Waals surface area contributed by atoms with E-state index in [0.717, 1.165) is 11.4 Å². The number of hydrogen-bond donors (Lipinski definition) is 1. The van der Waals surface area contributed by atoms with Gasteiger partial charge in [-0.2, -0.15) is 5.10 Å². The molecule has 0 atom stereocenters. The van der Waals surface area contributed by atoms with Gasteiger partial charge in [0.05, 0.1) is 16.8 Å². The molecule has 0 aliphatic rings. The molecule has 122 valence electrons. The van der Waals surface area contributed by atoms with Crippen LogP contribution in [0, 0.1) is 10.1 Å². The number of pyridine rings is 1. The maximum Gasteiger partial charge on any atom is 0.287 e. The van der Waals surface area contributed by atoms with Crippen LogP contribution in [-0.4, -0.2) is 20.7 Å². The first-order valence-corrected chi connectivity index (χ1v) is 6.86. The first kappa shape index (κ1) is 17.2. The summed E-state index contributed by atoms with van der Waals surface area (Å²) in [5.41, 5.74) is 4.62. The molecule has 0 amide bonds. The molecule has 0 unspecified atom stereocenters. The molecule has 0 aliphatic heterocycles. The van der Waals surface area contributed by atoms with E-state index in [1.54, 1.807) is 6.21 Å². The number of hydrazone groups is 1. The summed E-state index contributed by atoms with van der Waals surface area (Å²) in [7, 11) is 0. The standard InChI is InChI=1S/C16H13N5O2.ClH/c22-21(23)15-8-9-16(17-11-15)19-18-12-14-7-4-10-20(14)13-5-2-1-3-6-13;/h1-12H,(H,17,19);1H/b18-12-;. The fourth-order valence-corrected chi connectivity index (χ4v) is 2.05. The van der Waals surface area contributed by atoms with Gasteiger partial charge in [-0.3, -0.25) is 15.5 Å². The van der Waals surface area contributed by atoms with Crippen molar-refractivity contribution in [2.75, 3.05) is 5.43 Å². The molecule has 0 saturated carbocycles. The summed E-state index contributed by atoms with van der Waals surface area (Å²) in [6.45, 7) is 0. The number of nitro groups is 1. The minimum absolute atomic E-state index is 0. The van der Waals surface area contributed by atoms with Gasteiger partial charge in [0, 0.05) is 18.0 Å². The van der Waals surface area contributed by atoms with Gasteiger partial charge < -0.3 is 4.57 Å². The SMILES string of the molecule is Cl.O=[N+]([O-])c1ccc(N/N=C\c2cccn2-c2ccccc2)nc1. The van der Waals surface area contributed by atoms with E-state index in [-0.39, 0.29) is 18.1 Å². The third-order valence-corrected chi connectivity index (χ3v) is 3.15. The molecule has 0 bridgehead atoms. The molecule has 3 rings (SSSR count). The molecule has 1 N–H and O–H groups in total. The first-order chi connectivity index (χ1) is 11.2. The van der Waals surface area contributed by atoms with Gasteiger partial charge in [0.25, 0.3) is 5.69 Å². The number of aromatic nitrogens is 2. The van der Waals surface area contributed by atoms with Crippen molar-refractivity contribution < 1.29 is 4.92 Å². The van der Waals surface area contributed by atoms with Crippen LogP contribution in [0.4, 0.5) is 11.5 Å². The highest BCUT2D eigenvalue weighted by Gasteiger charge is 2.04. The summed E-state index contributed by atoms with van der Waals surface area (Å²) in [5, 5.41) is 14.7. The Balaban J connectivity index is 0.00000208. The Morgan fingerprint density at radius 2 is 1.92 bits per heavy atom. The number of rotatable bonds is 5. The molecule has 24 heavy (non-hydrogen) atoms. The Morgan fingerprint density at radius 1 is 1.12 bits per heavy atom. The first-order valence-electron chi connectivity index (χ1n) is 6.86.